The van der Waals surface area contributed by atoms with Gasteiger partial charge in [0, 0.05) is 37.9 Å². The average molecular weight is 355 g/mol. The zero-order valence-corrected chi connectivity index (χ0v) is 15.3. The van der Waals surface area contributed by atoms with Crippen LogP contribution < -0.4 is 5.32 Å². The molecular weight excluding hydrogens is 330 g/mol. The Kier molecular flexibility index (Phi) is 5.68. The standard InChI is InChI=1S/C19H25N5O2/c1-15(2)21-18(25)13-22-8-10-23(11-9-22)19(26)17-12-20-14-24(17)16-6-4-3-5-7-16/h3-7,12,14-15H,8-11,13H2,1-2H3,(H,21,25). The number of carbonyl (C=O) groups is 2. The highest BCUT2D eigenvalue weighted by molar-refractivity contribution is 5.93. The third-order valence-corrected chi connectivity index (χ3v) is 4.37. The molecule has 3 rings (SSSR count). The van der Waals surface area contributed by atoms with Gasteiger partial charge in [-0.2, -0.15) is 0 Å². The van der Waals surface area contributed by atoms with Crippen LogP contribution in [-0.2, 0) is 4.79 Å². The lowest BCUT2D eigenvalue weighted by atomic mass is 10.2. The largest absolute Gasteiger partial charge is 0.353 e. The van der Waals surface area contributed by atoms with Gasteiger partial charge in [-0.25, -0.2) is 4.98 Å². The van der Waals surface area contributed by atoms with Crippen molar-refractivity contribution >= 4 is 11.8 Å². The second-order valence-corrected chi connectivity index (χ2v) is 6.77. The molecule has 26 heavy (non-hydrogen) atoms. The van der Waals surface area contributed by atoms with Crippen molar-refractivity contribution < 1.29 is 9.59 Å². The highest BCUT2D eigenvalue weighted by Crippen LogP contribution is 2.14. The minimum atomic E-state index is -0.0300. The predicted molar refractivity (Wildman–Crippen MR) is 99.2 cm³/mol. The summed E-state index contributed by atoms with van der Waals surface area (Å²) in [5, 5.41) is 2.90. The molecule has 0 atom stereocenters. The summed E-state index contributed by atoms with van der Waals surface area (Å²) in [7, 11) is 0. The van der Waals surface area contributed by atoms with E-state index in [1.165, 1.54) is 0 Å². The van der Waals surface area contributed by atoms with E-state index in [4.69, 9.17) is 0 Å². The first-order chi connectivity index (χ1) is 12.5. The van der Waals surface area contributed by atoms with Crippen molar-refractivity contribution in [2.75, 3.05) is 32.7 Å². The molecule has 2 amide bonds. The molecule has 0 radical (unpaired) electrons. The average Bonchev–Trinajstić information content (AvgIpc) is 3.11. The molecule has 1 aromatic carbocycles. The van der Waals surface area contributed by atoms with E-state index in [1.54, 1.807) is 12.5 Å². The second kappa shape index (κ2) is 8.14. The number of carbonyl (C=O) groups excluding carboxylic acids is 2. The highest BCUT2D eigenvalue weighted by Gasteiger charge is 2.25. The molecule has 7 heteroatoms. The maximum absolute atomic E-state index is 12.9. The highest BCUT2D eigenvalue weighted by atomic mass is 16.2. The van der Waals surface area contributed by atoms with Crippen LogP contribution in [0.1, 0.15) is 24.3 Å². The number of hydrogen-bond acceptors (Lipinski definition) is 4. The number of rotatable bonds is 5. The van der Waals surface area contributed by atoms with Crippen LogP contribution in [0.15, 0.2) is 42.9 Å². The Bertz CT molecular complexity index is 748. The zero-order valence-electron chi connectivity index (χ0n) is 15.3. The van der Waals surface area contributed by atoms with Gasteiger partial charge in [-0.15, -0.1) is 0 Å². The fraction of sp³-hybridized carbons (Fsp3) is 0.421. The summed E-state index contributed by atoms with van der Waals surface area (Å²) in [5.74, 6) is -0.000402. The van der Waals surface area contributed by atoms with Crippen LogP contribution in [0, 0.1) is 0 Å². The molecular formula is C19H25N5O2. The van der Waals surface area contributed by atoms with Crippen molar-refractivity contribution in [1.82, 2.24) is 24.7 Å². The Morgan fingerprint density at radius 1 is 1.12 bits per heavy atom. The van der Waals surface area contributed by atoms with Crippen molar-refractivity contribution in [3.8, 4) is 5.69 Å². The predicted octanol–water partition coefficient (Wildman–Crippen LogP) is 1.15. The second-order valence-electron chi connectivity index (χ2n) is 6.77. The quantitative estimate of drug-likeness (QED) is 0.874. The van der Waals surface area contributed by atoms with Crippen LogP contribution in [0.5, 0.6) is 0 Å². The monoisotopic (exact) mass is 355 g/mol. The summed E-state index contributed by atoms with van der Waals surface area (Å²) in [6.07, 6.45) is 3.27. The molecule has 1 aliphatic heterocycles. The lowest BCUT2D eigenvalue weighted by Gasteiger charge is -2.34. The van der Waals surface area contributed by atoms with E-state index in [2.05, 4.69) is 15.2 Å². The third kappa shape index (κ3) is 4.29. The van der Waals surface area contributed by atoms with Crippen molar-refractivity contribution in [1.29, 1.82) is 0 Å². The molecule has 1 aliphatic rings. The fourth-order valence-electron chi connectivity index (χ4n) is 3.09. The number of nitrogens with one attached hydrogen (secondary N) is 1. The molecule has 0 saturated carbocycles. The number of amides is 2. The smallest absolute Gasteiger partial charge is 0.272 e. The molecule has 1 aromatic heterocycles. The van der Waals surface area contributed by atoms with Gasteiger partial charge in [0.15, 0.2) is 0 Å². The first kappa shape index (κ1) is 18.1. The molecule has 1 N–H and O–H groups in total. The molecule has 0 spiro atoms. The van der Waals surface area contributed by atoms with Crippen LogP contribution in [0.3, 0.4) is 0 Å². The molecule has 2 aromatic rings. The fourth-order valence-corrected chi connectivity index (χ4v) is 3.09. The molecule has 0 unspecified atom stereocenters. The van der Waals surface area contributed by atoms with Crippen LogP contribution in [0.4, 0.5) is 0 Å². The summed E-state index contributed by atoms with van der Waals surface area (Å²) in [5.41, 5.74) is 1.47. The minimum Gasteiger partial charge on any atom is -0.353 e. The topological polar surface area (TPSA) is 70.5 Å². The van der Waals surface area contributed by atoms with E-state index in [0.29, 0.717) is 38.4 Å². The van der Waals surface area contributed by atoms with Crippen molar-refractivity contribution in [3.63, 3.8) is 0 Å². The normalized spacial score (nSPS) is 15.3. The molecule has 0 aliphatic carbocycles. The van der Waals surface area contributed by atoms with Gasteiger partial charge in [-0.1, -0.05) is 18.2 Å². The summed E-state index contributed by atoms with van der Waals surface area (Å²) in [4.78, 5) is 32.8. The number of imidazole rings is 1. The lowest BCUT2D eigenvalue weighted by Crippen LogP contribution is -2.51. The van der Waals surface area contributed by atoms with Crippen LogP contribution in [-0.4, -0.2) is 69.9 Å². The third-order valence-electron chi connectivity index (χ3n) is 4.37. The van der Waals surface area contributed by atoms with Gasteiger partial charge < -0.3 is 10.2 Å². The van der Waals surface area contributed by atoms with Gasteiger partial charge in [0.1, 0.15) is 5.69 Å². The maximum Gasteiger partial charge on any atom is 0.272 e. The summed E-state index contributed by atoms with van der Waals surface area (Å²) >= 11 is 0. The number of hydrogen-bond donors (Lipinski definition) is 1. The van der Waals surface area contributed by atoms with Gasteiger partial charge >= 0.3 is 0 Å². The molecule has 2 heterocycles. The van der Waals surface area contributed by atoms with E-state index in [-0.39, 0.29) is 17.9 Å². The van der Waals surface area contributed by atoms with E-state index >= 15 is 0 Å². The zero-order chi connectivity index (χ0) is 18.5. The van der Waals surface area contributed by atoms with Gasteiger partial charge in [0.2, 0.25) is 5.91 Å². The van der Waals surface area contributed by atoms with Crippen LogP contribution >= 0.6 is 0 Å². The SMILES string of the molecule is CC(C)NC(=O)CN1CCN(C(=O)c2cncn2-c2ccccc2)CC1. The number of para-hydroxylation sites is 1. The van der Waals surface area contributed by atoms with Crippen LogP contribution in [0.25, 0.3) is 5.69 Å². The summed E-state index contributed by atoms with van der Waals surface area (Å²) in [6, 6.07) is 9.85. The van der Waals surface area contributed by atoms with Gasteiger partial charge in [0.25, 0.3) is 5.91 Å². The minimum absolute atomic E-state index is 0.0296. The van der Waals surface area contributed by atoms with E-state index in [1.807, 2.05) is 53.6 Å². The number of piperazine rings is 1. The number of nitrogens with zero attached hydrogens (tertiary/aromatic N) is 4. The molecule has 0 bridgehead atoms. The number of benzene rings is 1. The van der Waals surface area contributed by atoms with Crippen molar-refractivity contribution in [2.24, 2.45) is 0 Å². The van der Waals surface area contributed by atoms with Gasteiger partial charge in [-0.3, -0.25) is 19.1 Å². The first-order valence-corrected chi connectivity index (χ1v) is 8.93. The Hall–Kier alpha value is -2.67. The molecule has 138 valence electrons. The Morgan fingerprint density at radius 2 is 1.81 bits per heavy atom. The van der Waals surface area contributed by atoms with Crippen LogP contribution in [0.2, 0.25) is 0 Å². The Balaban J connectivity index is 1.60. The van der Waals surface area contributed by atoms with Gasteiger partial charge in [-0.05, 0) is 26.0 Å². The first-order valence-electron chi connectivity index (χ1n) is 8.93. The molecule has 1 fully saturated rings. The summed E-state index contributed by atoms with van der Waals surface area (Å²) < 4.78 is 1.81. The Labute approximate surface area is 153 Å². The summed E-state index contributed by atoms with van der Waals surface area (Å²) in [6.45, 7) is 6.87. The molecule has 7 nitrogen and oxygen atoms in total. The maximum atomic E-state index is 12.9. The molecule has 1 saturated heterocycles. The van der Waals surface area contributed by atoms with Crippen molar-refractivity contribution in [3.05, 3.63) is 48.5 Å². The van der Waals surface area contributed by atoms with E-state index < -0.39 is 0 Å². The van der Waals surface area contributed by atoms with Gasteiger partial charge in [0.05, 0.1) is 19.1 Å². The van der Waals surface area contributed by atoms with Crippen molar-refractivity contribution in [2.45, 2.75) is 19.9 Å². The Morgan fingerprint density at radius 3 is 2.46 bits per heavy atom. The lowest BCUT2D eigenvalue weighted by molar-refractivity contribution is -0.123. The number of aromatic nitrogens is 2. The van der Waals surface area contributed by atoms with E-state index in [0.717, 1.165) is 5.69 Å². The van der Waals surface area contributed by atoms with E-state index in [9.17, 15) is 9.59 Å².